The van der Waals surface area contributed by atoms with Crippen LogP contribution in [-0.4, -0.2) is 98.1 Å². The average molecular weight is 515 g/mol. The van der Waals surface area contributed by atoms with Crippen LogP contribution in [0.25, 0.3) is 11.4 Å². The number of nitrogens with one attached hydrogen (secondary N) is 2. The maximum Gasteiger partial charge on any atom is 0.222 e. The van der Waals surface area contributed by atoms with Gasteiger partial charge in [-0.3, -0.25) is 4.79 Å². The van der Waals surface area contributed by atoms with Gasteiger partial charge in [-0.05, 0) is 32.0 Å². The number of hydrogen-bond acceptors (Lipinski definition) is 9. The lowest BCUT2D eigenvalue weighted by Gasteiger charge is -2.28. The zero-order chi connectivity index (χ0) is 26.5. The summed E-state index contributed by atoms with van der Waals surface area (Å²) >= 11 is 0. The third-order valence-corrected chi connectivity index (χ3v) is 6.08. The molecule has 1 unspecified atom stereocenters. The molecule has 1 aliphatic heterocycles. The van der Waals surface area contributed by atoms with Crippen molar-refractivity contribution in [1.82, 2.24) is 20.2 Å². The Morgan fingerprint density at radius 2 is 2.03 bits per heavy atom. The molecule has 0 bridgehead atoms. The second-order valence-electron chi connectivity index (χ2n) is 9.10. The first kappa shape index (κ1) is 28.6. The molecule has 0 spiro atoms. The van der Waals surface area contributed by atoms with Crippen molar-refractivity contribution in [3.8, 4) is 17.1 Å². The molecule has 0 radical (unpaired) electrons. The standard InChI is InChI=1S/C27H42N6O4/c1-4-11-33(26(35)5-2)12-7-10-29-24-18-25(32-13-15-36-16-14-32)31-27(30-24)21-8-6-9-23(17-21)37-20-22(34)19-28-3/h6,8-9,17-18,22,28,34H,4-5,7,10-16,19-20H2,1-3H3,(H,29,30,31). The van der Waals surface area contributed by atoms with E-state index in [1.165, 1.54) is 0 Å². The highest BCUT2D eigenvalue weighted by Crippen LogP contribution is 2.26. The fraction of sp³-hybridized carbons (Fsp3) is 0.593. The first-order valence-corrected chi connectivity index (χ1v) is 13.3. The van der Waals surface area contributed by atoms with Crippen LogP contribution in [0.1, 0.15) is 33.1 Å². The third-order valence-electron chi connectivity index (χ3n) is 6.08. The van der Waals surface area contributed by atoms with Gasteiger partial charge in [0, 0.05) is 57.3 Å². The molecule has 1 fully saturated rings. The lowest BCUT2D eigenvalue weighted by atomic mass is 10.2. The SMILES string of the molecule is CCCN(CCCNc1cc(N2CCOCC2)nc(-c2cccc(OCC(O)CNC)c2)n1)C(=O)CC. The van der Waals surface area contributed by atoms with Crippen LogP contribution >= 0.6 is 0 Å². The summed E-state index contributed by atoms with van der Waals surface area (Å²) in [6.07, 6.45) is 1.72. The minimum Gasteiger partial charge on any atom is -0.491 e. The van der Waals surface area contributed by atoms with E-state index in [-0.39, 0.29) is 12.5 Å². The molecule has 10 heteroatoms. The van der Waals surface area contributed by atoms with Crippen LogP contribution in [0.3, 0.4) is 0 Å². The second-order valence-corrected chi connectivity index (χ2v) is 9.10. The number of likely N-dealkylation sites (N-methyl/N-ethyl adjacent to an activating group) is 1. The van der Waals surface area contributed by atoms with Gasteiger partial charge >= 0.3 is 0 Å². The molecule has 2 heterocycles. The van der Waals surface area contributed by atoms with Gasteiger partial charge in [0.15, 0.2) is 5.82 Å². The normalized spacial score (nSPS) is 14.3. The highest BCUT2D eigenvalue weighted by Gasteiger charge is 2.17. The number of carbonyl (C=O) groups excluding carboxylic acids is 1. The molecule has 1 aromatic carbocycles. The van der Waals surface area contributed by atoms with E-state index in [4.69, 9.17) is 19.4 Å². The zero-order valence-corrected chi connectivity index (χ0v) is 22.4. The Labute approximate surface area is 220 Å². The van der Waals surface area contributed by atoms with E-state index in [0.717, 1.165) is 56.2 Å². The number of hydrogen-bond donors (Lipinski definition) is 3. The number of nitrogens with zero attached hydrogens (tertiary/aromatic N) is 4. The van der Waals surface area contributed by atoms with Crippen LogP contribution in [0.4, 0.5) is 11.6 Å². The number of rotatable bonds is 15. The first-order valence-electron chi connectivity index (χ1n) is 13.3. The molecule has 204 valence electrons. The molecular formula is C27H42N6O4. The minimum absolute atomic E-state index is 0.196. The number of carbonyl (C=O) groups is 1. The Kier molecular flexibility index (Phi) is 11.9. The molecule has 3 rings (SSSR count). The van der Waals surface area contributed by atoms with Gasteiger partial charge < -0.3 is 35.0 Å². The molecule has 1 amide bonds. The van der Waals surface area contributed by atoms with Gasteiger partial charge in [-0.25, -0.2) is 9.97 Å². The van der Waals surface area contributed by atoms with Gasteiger partial charge in [-0.15, -0.1) is 0 Å². The third kappa shape index (κ3) is 9.14. The quantitative estimate of drug-likeness (QED) is 0.308. The summed E-state index contributed by atoms with van der Waals surface area (Å²) in [4.78, 5) is 26.0. The Hall–Kier alpha value is -2.95. The van der Waals surface area contributed by atoms with E-state index < -0.39 is 6.10 Å². The number of amides is 1. The fourth-order valence-corrected chi connectivity index (χ4v) is 4.16. The lowest BCUT2D eigenvalue weighted by Crippen LogP contribution is -2.37. The number of aromatic nitrogens is 2. The smallest absolute Gasteiger partial charge is 0.222 e. The summed E-state index contributed by atoms with van der Waals surface area (Å²) in [5, 5.41) is 16.3. The van der Waals surface area contributed by atoms with Crippen molar-refractivity contribution in [3.05, 3.63) is 30.3 Å². The van der Waals surface area contributed by atoms with Gasteiger partial charge in [0.1, 0.15) is 30.1 Å². The average Bonchev–Trinajstić information content (AvgIpc) is 2.94. The van der Waals surface area contributed by atoms with E-state index >= 15 is 0 Å². The van der Waals surface area contributed by atoms with Crippen molar-refractivity contribution in [2.24, 2.45) is 0 Å². The highest BCUT2D eigenvalue weighted by molar-refractivity contribution is 5.75. The Morgan fingerprint density at radius 1 is 1.22 bits per heavy atom. The van der Waals surface area contributed by atoms with Crippen molar-refractivity contribution in [3.63, 3.8) is 0 Å². The van der Waals surface area contributed by atoms with Gasteiger partial charge in [0.25, 0.3) is 0 Å². The van der Waals surface area contributed by atoms with Crippen molar-refractivity contribution in [2.75, 3.05) is 76.4 Å². The van der Waals surface area contributed by atoms with Crippen LogP contribution in [0, 0.1) is 0 Å². The minimum atomic E-state index is -0.591. The largest absolute Gasteiger partial charge is 0.491 e. The molecule has 1 atom stereocenters. The summed E-state index contributed by atoms with van der Waals surface area (Å²) < 4.78 is 11.3. The zero-order valence-electron chi connectivity index (χ0n) is 22.4. The number of aliphatic hydroxyl groups excluding tert-OH is 1. The molecule has 1 aliphatic rings. The Morgan fingerprint density at radius 3 is 2.76 bits per heavy atom. The molecule has 3 N–H and O–H groups in total. The molecule has 0 aliphatic carbocycles. The highest BCUT2D eigenvalue weighted by atomic mass is 16.5. The van der Waals surface area contributed by atoms with Crippen molar-refractivity contribution >= 4 is 17.5 Å². The Bertz CT molecular complexity index is 970. The van der Waals surface area contributed by atoms with Crippen LogP contribution < -0.4 is 20.3 Å². The first-order chi connectivity index (χ1) is 18.0. The van der Waals surface area contributed by atoms with Crippen molar-refractivity contribution < 1.29 is 19.4 Å². The van der Waals surface area contributed by atoms with E-state index in [0.29, 0.717) is 44.3 Å². The van der Waals surface area contributed by atoms with Crippen LogP contribution in [0.2, 0.25) is 0 Å². The maximum atomic E-state index is 12.2. The maximum absolute atomic E-state index is 12.2. The molecule has 10 nitrogen and oxygen atoms in total. The number of aliphatic hydroxyl groups is 1. The van der Waals surface area contributed by atoms with Crippen LogP contribution in [0.15, 0.2) is 30.3 Å². The summed E-state index contributed by atoms with van der Waals surface area (Å²) in [5.74, 6) is 3.04. The van der Waals surface area contributed by atoms with E-state index in [9.17, 15) is 9.90 Å². The summed E-state index contributed by atoms with van der Waals surface area (Å²) in [6, 6.07) is 9.59. The van der Waals surface area contributed by atoms with Gasteiger partial charge in [0.2, 0.25) is 5.91 Å². The van der Waals surface area contributed by atoms with Gasteiger partial charge in [-0.2, -0.15) is 0 Å². The topological polar surface area (TPSA) is 112 Å². The molecule has 1 aromatic heterocycles. The van der Waals surface area contributed by atoms with E-state index in [2.05, 4.69) is 22.5 Å². The summed E-state index contributed by atoms with van der Waals surface area (Å²) in [7, 11) is 1.79. The van der Waals surface area contributed by atoms with Gasteiger partial charge in [-0.1, -0.05) is 26.0 Å². The van der Waals surface area contributed by atoms with E-state index in [1.54, 1.807) is 7.05 Å². The summed E-state index contributed by atoms with van der Waals surface area (Å²) in [6.45, 7) is 9.74. The monoisotopic (exact) mass is 514 g/mol. The molecule has 1 saturated heterocycles. The molecule has 2 aromatic rings. The molecule has 0 saturated carbocycles. The number of ether oxygens (including phenoxy) is 2. The van der Waals surface area contributed by atoms with Crippen LogP contribution in [-0.2, 0) is 9.53 Å². The molecular weight excluding hydrogens is 472 g/mol. The number of benzene rings is 1. The number of morpholine rings is 1. The Balaban J connectivity index is 1.74. The van der Waals surface area contributed by atoms with Crippen molar-refractivity contribution in [2.45, 2.75) is 39.2 Å². The van der Waals surface area contributed by atoms with Gasteiger partial charge in [0.05, 0.1) is 13.2 Å². The lowest BCUT2D eigenvalue weighted by molar-refractivity contribution is -0.130. The number of anilines is 2. The fourth-order valence-electron chi connectivity index (χ4n) is 4.16. The molecule has 37 heavy (non-hydrogen) atoms. The predicted octanol–water partition coefficient (Wildman–Crippen LogP) is 2.39. The van der Waals surface area contributed by atoms with Crippen molar-refractivity contribution in [1.29, 1.82) is 0 Å². The second kappa shape index (κ2) is 15.3. The van der Waals surface area contributed by atoms with Crippen LogP contribution in [0.5, 0.6) is 5.75 Å². The summed E-state index contributed by atoms with van der Waals surface area (Å²) in [5.41, 5.74) is 0.835. The van der Waals surface area contributed by atoms with E-state index in [1.807, 2.05) is 42.2 Å². The predicted molar refractivity (Wildman–Crippen MR) is 146 cm³/mol.